The molecule has 0 radical (unpaired) electrons. The summed E-state index contributed by atoms with van der Waals surface area (Å²) in [5.41, 5.74) is 1.22. The molecule has 0 unspecified atom stereocenters. The zero-order chi connectivity index (χ0) is 20.7. The van der Waals surface area contributed by atoms with Crippen LogP contribution in [0.4, 0.5) is 0 Å². The summed E-state index contributed by atoms with van der Waals surface area (Å²) in [5.74, 6) is 1.69. The van der Waals surface area contributed by atoms with Crippen molar-refractivity contribution in [2.24, 2.45) is 10.4 Å². The summed E-state index contributed by atoms with van der Waals surface area (Å²) in [6, 6.07) is 7.94. The second-order valence-corrected chi connectivity index (χ2v) is 7.06. The van der Waals surface area contributed by atoms with Crippen molar-refractivity contribution in [1.82, 2.24) is 10.6 Å². The van der Waals surface area contributed by atoms with Gasteiger partial charge in [-0.3, -0.25) is 4.99 Å². The van der Waals surface area contributed by atoms with Gasteiger partial charge >= 0.3 is 0 Å². The van der Waals surface area contributed by atoms with Gasteiger partial charge in [0.2, 0.25) is 0 Å². The number of aliphatic hydroxyl groups is 1. The first-order valence-electron chi connectivity index (χ1n) is 10.5. The molecule has 6 heteroatoms. The normalized spacial score (nSPS) is 12.1. The van der Waals surface area contributed by atoms with Crippen LogP contribution in [0.1, 0.15) is 52.0 Å². The number of nitrogens with zero attached hydrogens (tertiary/aromatic N) is 1. The van der Waals surface area contributed by atoms with Gasteiger partial charge in [-0.1, -0.05) is 26.0 Å². The van der Waals surface area contributed by atoms with Gasteiger partial charge in [-0.25, -0.2) is 0 Å². The third kappa shape index (κ3) is 8.93. The average Bonchev–Trinajstić information content (AvgIpc) is 2.73. The lowest BCUT2D eigenvalue weighted by molar-refractivity contribution is 0.119. The van der Waals surface area contributed by atoms with Gasteiger partial charge in [0, 0.05) is 32.8 Å². The molecule has 0 spiro atoms. The number of methoxy groups -OCH3 is 1. The van der Waals surface area contributed by atoms with Gasteiger partial charge in [-0.2, -0.15) is 0 Å². The number of hydrogen-bond donors (Lipinski definition) is 3. The van der Waals surface area contributed by atoms with Crippen molar-refractivity contribution < 1.29 is 14.6 Å². The fourth-order valence-electron chi connectivity index (χ4n) is 3.02. The number of rotatable bonds is 14. The third-order valence-corrected chi connectivity index (χ3v) is 5.24. The number of guanidine groups is 1. The monoisotopic (exact) mass is 393 g/mol. The lowest BCUT2D eigenvalue weighted by Crippen LogP contribution is -2.39. The molecule has 3 N–H and O–H groups in total. The molecule has 0 saturated heterocycles. The second kappa shape index (κ2) is 14.2. The maximum absolute atomic E-state index is 9.37. The molecule has 0 aliphatic heterocycles. The minimum atomic E-state index is 0.0819. The van der Waals surface area contributed by atoms with Gasteiger partial charge in [-0.15, -0.1) is 0 Å². The van der Waals surface area contributed by atoms with Crippen molar-refractivity contribution in [3.8, 4) is 5.75 Å². The topological polar surface area (TPSA) is 75.1 Å². The van der Waals surface area contributed by atoms with E-state index < -0.39 is 0 Å². The van der Waals surface area contributed by atoms with Crippen LogP contribution in [0, 0.1) is 5.41 Å². The van der Waals surface area contributed by atoms with Gasteiger partial charge in [0.15, 0.2) is 5.96 Å². The molecule has 0 amide bonds. The summed E-state index contributed by atoms with van der Waals surface area (Å²) in [5, 5.41) is 16.0. The number of aliphatic imine (C=N–C) groups is 1. The van der Waals surface area contributed by atoms with E-state index in [1.54, 1.807) is 7.11 Å². The molecule has 0 aliphatic carbocycles. The van der Waals surface area contributed by atoms with E-state index in [4.69, 9.17) is 14.5 Å². The van der Waals surface area contributed by atoms with Crippen molar-refractivity contribution in [3.05, 3.63) is 29.8 Å². The summed E-state index contributed by atoms with van der Waals surface area (Å²) in [7, 11) is 1.67. The second-order valence-electron chi connectivity index (χ2n) is 7.06. The molecule has 0 atom stereocenters. The summed E-state index contributed by atoms with van der Waals surface area (Å²) >= 11 is 0. The van der Waals surface area contributed by atoms with Crippen molar-refractivity contribution in [2.75, 3.05) is 40.0 Å². The Morgan fingerprint density at radius 1 is 1.11 bits per heavy atom. The quantitative estimate of drug-likeness (QED) is 0.257. The largest absolute Gasteiger partial charge is 0.497 e. The molecule has 6 nitrogen and oxygen atoms in total. The van der Waals surface area contributed by atoms with E-state index in [1.165, 1.54) is 0 Å². The molecule has 0 fully saturated rings. The van der Waals surface area contributed by atoms with Crippen LogP contribution in [0.15, 0.2) is 29.3 Å². The van der Waals surface area contributed by atoms with E-state index in [0.717, 1.165) is 62.6 Å². The molecule has 0 bridgehead atoms. The SMILES string of the molecule is CCNC(=NCC(CC)(CC)CCO)NCCCOCc1ccc(OC)cc1. The van der Waals surface area contributed by atoms with Gasteiger partial charge in [0.05, 0.1) is 13.7 Å². The molecule has 0 aromatic heterocycles. The number of aliphatic hydroxyl groups excluding tert-OH is 1. The Kier molecular flexibility index (Phi) is 12.3. The summed E-state index contributed by atoms with van der Waals surface area (Å²) < 4.78 is 10.9. The molecule has 0 heterocycles. The van der Waals surface area contributed by atoms with E-state index in [1.807, 2.05) is 24.3 Å². The molecule has 28 heavy (non-hydrogen) atoms. The standard InChI is InChI=1S/C22H39N3O3/c1-5-22(6-2,13-15-26)18-25-21(23-7-3)24-14-8-16-28-17-19-9-11-20(27-4)12-10-19/h9-12,26H,5-8,13-18H2,1-4H3,(H2,23,24,25). The van der Waals surface area contributed by atoms with E-state index >= 15 is 0 Å². The molecule has 0 aliphatic rings. The zero-order valence-electron chi connectivity index (χ0n) is 18.1. The van der Waals surface area contributed by atoms with E-state index in [2.05, 4.69) is 31.4 Å². The molecular weight excluding hydrogens is 354 g/mol. The van der Waals surface area contributed by atoms with Crippen LogP contribution in [0.3, 0.4) is 0 Å². The van der Waals surface area contributed by atoms with Crippen LogP contribution >= 0.6 is 0 Å². The van der Waals surface area contributed by atoms with Gasteiger partial charge in [0.1, 0.15) is 5.75 Å². The average molecular weight is 394 g/mol. The van der Waals surface area contributed by atoms with Crippen LogP contribution in [0.2, 0.25) is 0 Å². The summed E-state index contributed by atoms with van der Waals surface area (Å²) in [6.07, 6.45) is 3.74. The maximum Gasteiger partial charge on any atom is 0.191 e. The Balaban J connectivity index is 2.35. The zero-order valence-corrected chi connectivity index (χ0v) is 18.1. The highest BCUT2D eigenvalue weighted by Gasteiger charge is 2.25. The number of hydrogen-bond acceptors (Lipinski definition) is 4. The van der Waals surface area contributed by atoms with E-state index in [9.17, 15) is 5.11 Å². The number of nitrogens with one attached hydrogen (secondary N) is 2. The van der Waals surface area contributed by atoms with Crippen molar-refractivity contribution in [1.29, 1.82) is 0 Å². The Labute approximate surface area is 170 Å². The third-order valence-electron chi connectivity index (χ3n) is 5.24. The van der Waals surface area contributed by atoms with Crippen molar-refractivity contribution in [3.63, 3.8) is 0 Å². The minimum absolute atomic E-state index is 0.0819. The highest BCUT2D eigenvalue weighted by atomic mass is 16.5. The van der Waals surface area contributed by atoms with Crippen LogP contribution in [-0.2, 0) is 11.3 Å². The first kappa shape index (κ1) is 24.2. The van der Waals surface area contributed by atoms with Crippen molar-refractivity contribution >= 4 is 5.96 Å². The Hall–Kier alpha value is -1.79. The molecule has 0 saturated carbocycles. The van der Waals surface area contributed by atoms with Gasteiger partial charge in [0.25, 0.3) is 0 Å². The van der Waals surface area contributed by atoms with Crippen LogP contribution in [0.5, 0.6) is 5.75 Å². The Bertz CT molecular complexity index is 542. The first-order valence-corrected chi connectivity index (χ1v) is 10.5. The molecule has 160 valence electrons. The van der Waals surface area contributed by atoms with Gasteiger partial charge in [-0.05, 0) is 55.7 Å². The van der Waals surface area contributed by atoms with Crippen LogP contribution in [-0.4, -0.2) is 51.0 Å². The highest BCUT2D eigenvalue weighted by molar-refractivity contribution is 5.79. The van der Waals surface area contributed by atoms with Crippen LogP contribution < -0.4 is 15.4 Å². The predicted molar refractivity (Wildman–Crippen MR) is 116 cm³/mol. The fourth-order valence-corrected chi connectivity index (χ4v) is 3.02. The Morgan fingerprint density at radius 2 is 1.82 bits per heavy atom. The van der Waals surface area contributed by atoms with Crippen LogP contribution in [0.25, 0.3) is 0 Å². The molecule has 1 aromatic carbocycles. The lowest BCUT2D eigenvalue weighted by atomic mass is 9.79. The number of ether oxygens (including phenoxy) is 2. The minimum Gasteiger partial charge on any atom is -0.497 e. The fraction of sp³-hybridized carbons (Fsp3) is 0.682. The lowest BCUT2D eigenvalue weighted by Gasteiger charge is -2.29. The van der Waals surface area contributed by atoms with Crippen molar-refractivity contribution in [2.45, 2.75) is 53.1 Å². The summed E-state index contributed by atoms with van der Waals surface area (Å²) in [4.78, 5) is 4.76. The Morgan fingerprint density at radius 3 is 2.39 bits per heavy atom. The van der Waals surface area contributed by atoms with E-state index in [0.29, 0.717) is 13.2 Å². The molecule has 1 aromatic rings. The molecular formula is C22H39N3O3. The molecule has 1 rings (SSSR count). The summed E-state index contributed by atoms with van der Waals surface area (Å²) in [6.45, 7) is 10.3. The first-order chi connectivity index (χ1) is 13.6. The van der Waals surface area contributed by atoms with E-state index in [-0.39, 0.29) is 12.0 Å². The van der Waals surface area contributed by atoms with Gasteiger partial charge < -0.3 is 25.2 Å². The number of benzene rings is 1. The smallest absolute Gasteiger partial charge is 0.191 e. The predicted octanol–water partition coefficient (Wildman–Crippen LogP) is 3.35. The highest BCUT2D eigenvalue weighted by Crippen LogP contribution is 2.30. The maximum atomic E-state index is 9.37.